The third-order valence-corrected chi connectivity index (χ3v) is 1.78. The Morgan fingerprint density at radius 3 is 2.36 bits per heavy atom. The molecule has 0 unspecified atom stereocenters. The van der Waals surface area contributed by atoms with Gasteiger partial charge < -0.3 is 0 Å². The second kappa shape index (κ2) is 4.87. The van der Waals surface area contributed by atoms with E-state index in [2.05, 4.69) is 9.98 Å². The Balaban J connectivity index is 3.29. The molecular weight excluding hydrogens is 180 g/mol. The third-order valence-electron chi connectivity index (χ3n) is 1.78. The van der Waals surface area contributed by atoms with Crippen LogP contribution in [-0.2, 0) is 16.0 Å². The van der Waals surface area contributed by atoms with Crippen molar-refractivity contribution in [2.45, 2.75) is 13.3 Å². The van der Waals surface area contributed by atoms with Gasteiger partial charge in [0.25, 0.3) is 0 Å². The molecule has 0 aromatic heterocycles. The molecule has 14 heavy (non-hydrogen) atoms. The summed E-state index contributed by atoms with van der Waals surface area (Å²) in [5.74, 6) is 0. The average molecular weight is 188 g/mol. The van der Waals surface area contributed by atoms with E-state index in [0.717, 1.165) is 12.0 Å². The maximum atomic E-state index is 10.1. The smallest absolute Gasteiger partial charge is 0.211 e. The predicted molar refractivity (Wildman–Crippen MR) is 51.4 cm³/mol. The second-order valence-electron chi connectivity index (χ2n) is 2.58. The molecule has 1 aromatic carbocycles. The maximum absolute atomic E-state index is 10.1. The van der Waals surface area contributed by atoms with Gasteiger partial charge in [0, 0.05) is 0 Å². The van der Waals surface area contributed by atoms with Crippen LogP contribution >= 0.6 is 0 Å². The molecule has 1 aromatic rings. The summed E-state index contributed by atoms with van der Waals surface area (Å²) >= 11 is 0. The molecule has 0 atom stereocenters. The van der Waals surface area contributed by atoms with Crippen molar-refractivity contribution in [3.05, 3.63) is 23.8 Å². The first-order valence-electron chi connectivity index (χ1n) is 4.10. The molecule has 0 amide bonds. The number of nitrogens with zero attached hydrogens (tertiary/aromatic N) is 2. The van der Waals surface area contributed by atoms with Gasteiger partial charge in [-0.25, -0.2) is 9.59 Å². The Labute approximate surface area is 81.0 Å². The molecule has 0 radical (unpaired) electrons. The largest absolute Gasteiger partial charge is 0.240 e. The van der Waals surface area contributed by atoms with E-state index in [1.165, 1.54) is 12.2 Å². The van der Waals surface area contributed by atoms with Crippen LogP contribution in [0.1, 0.15) is 12.5 Å². The lowest BCUT2D eigenvalue weighted by Gasteiger charge is -1.99. The Kier molecular flexibility index (Phi) is 3.50. The molecule has 0 N–H and O–H groups in total. The van der Waals surface area contributed by atoms with Crippen molar-refractivity contribution in [3.63, 3.8) is 0 Å². The van der Waals surface area contributed by atoms with Gasteiger partial charge in [0.15, 0.2) is 0 Å². The molecule has 0 spiro atoms. The monoisotopic (exact) mass is 188 g/mol. The minimum Gasteiger partial charge on any atom is -0.211 e. The first kappa shape index (κ1) is 10.1. The number of aliphatic imine (C=N–C) groups is 2. The summed E-state index contributed by atoms with van der Waals surface area (Å²) in [6.45, 7) is 1.98. The van der Waals surface area contributed by atoms with Crippen LogP contribution in [0.5, 0.6) is 0 Å². The van der Waals surface area contributed by atoms with Crippen LogP contribution in [-0.4, -0.2) is 12.2 Å². The molecule has 4 heteroatoms. The molecule has 0 aliphatic heterocycles. The summed E-state index contributed by atoms with van der Waals surface area (Å²) < 4.78 is 0. The molecule has 0 heterocycles. The van der Waals surface area contributed by atoms with Crippen LogP contribution in [0.2, 0.25) is 0 Å². The number of benzene rings is 1. The van der Waals surface area contributed by atoms with Crippen LogP contribution in [0, 0.1) is 0 Å². The number of hydrogen-bond acceptors (Lipinski definition) is 4. The summed E-state index contributed by atoms with van der Waals surface area (Å²) in [6, 6.07) is 5.14. The standard InChI is InChI=1S/C10H8N2O2/c1-2-8-3-4-9(11-6-13)10(5-8)12-7-14/h3-5H,2H2,1H3. The number of carbonyl (C=O) groups excluding carboxylic acids is 2. The first-order valence-corrected chi connectivity index (χ1v) is 4.10. The molecule has 0 fully saturated rings. The van der Waals surface area contributed by atoms with Crippen LogP contribution < -0.4 is 0 Å². The highest BCUT2D eigenvalue weighted by Crippen LogP contribution is 2.28. The lowest BCUT2D eigenvalue weighted by atomic mass is 10.1. The zero-order valence-electron chi connectivity index (χ0n) is 7.65. The minimum atomic E-state index is 0.334. The summed E-state index contributed by atoms with van der Waals surface area (Å²) in [5, 5.41) is 0. The van der Waals surface area contributed by atoms with E-state index in [1.807, 2.05) is 13.0 Å². The van der Waals surface area contributed by atoms with Crippen molar-refractivity contribution in [1.82, 2.24) is 0 Å². The number of aryl methyl sites for hydroxylation is 1. The van der Waals surface area contributed by atoms with Crippen LogP contribution in [0.25, 0.3) is 0 Å². The molecule has 0 aliphatic rings. The third kappa shape index (κ3) is 2.23. The van der Waals surface area contributed by atoms with E-state index in [0.29, 0.717) is 11.4 Å². The first-order chi connectivity index (χ1) is 6.81. The fourth-order valence-corrected chi connectivity index (χ4v) is 1.07. The quantitative estimate of drug-likeness (QED) is 0.539. The maximum Gasteiger partial charge on any atom is 0.240 e. The van der Waals surface area contributed by atoms with E-state index < -0.39 is 0 Å². The summed E-state index contributed by atoms with van der Waals surface area (Å²) in [4.78, 5) is 27.0. The molecule has 0 bridgehead atoms. The average Bonchev–Trinajstić information content (AvgIpc) is 2.21. The van der Waals surface area contributed by atoms with Gasteiger partial charge in [-0.3, -0.25) is 0 Å². The van der Waals surface area contributed by atoms with E-state index in [-0.39, 0.29) is 0 Å². The molecule has 1 rings (SSSR count). The minimum absolute atomic E-state index is 0.334. The van der Waals surface area contributed by atoms with Gasteiger partial charge >= 0.3 is 0 Å². The van der Waals surface area contributed by atoms with Crippen LogP contribution in [0.4, 0.5) is 11.4 Å². The lowest BCUT2D eigenvalue weighted by molar-refractivity contribution is 0.564. The highest BCUT2D eigenvalue weighted by Gasteiger charge is 2.00. The molecule has 0 saturated carbocycles. The Hall–Kier alpha value is -2.02. The van der Waals surface area contributed by atoms with Crippen LogP contribution in [0.15, 0.2) is 28.2 Å². The highest BCUT2D eigenvalue weighted by molar-refractivity contribution is 5.68. The summed E-state index contributed by atoms with van der Waals surface area (Å²) in [7, 11) is 0. The highest BCUT2D eigenvalue weighted by atomic mass is 16.1. The number of rotatable bonds is 3. The van der Waals surface area contributed by atoms with Crippen molar-refractivity contribution in [1.29, 1.82) is 0 Å². The van der Waals surface area contributed by atoms with Gasteiger partial charge in [-0.15, -0.1) is 0 Å². The van der Waals surface area contributed by atoms with Crippen molar-refractivity contribution < 1.29 is 9.59 Å². The van der Waals surface area contributed by atoms with E-state index in [1.54, 1.807) is 12.1 Å². The predicted octanol–water partition coefficient (Wildman–Crippen LogP) is 2.18. The molecule has 0 aliphatic carbocycles. The normalized spacial score (nSPS) is 8.64. The van der Waals surface area contributed by atoms with Crippen molar-refractivity contribution in [2.75, 3.05) is 0 Å². The van der Waals surface area contributed by atoms with E-state index >= 15 is 0 Å². The zero-order chi connectivity index (χ0) is 10.4. The van der Waals surface area contributed by atoms with Gasteiger partial charge in [-0.2, -0.15) is 9.98 Å². The van der Waals surface area contributed by atoms with Gasteiger partial charge in [0.05, 0.1) is 0 Å². The van der Waals surface area contributed by atoms with Crippen molar-refractivity contribution >= 4 is 23.5 Å². The second-order valence-corrected chi connectivity index (χ2v) is 2.58. The molecule has 70 valence electrons. The Morgan fingerprint density at radius 2 is 1.79 bits per heavy atom. The van der Waals surface area contributed by atoms with Crippen molar-refractivity contribution in [2.24, 2.45) is 9.98 Å². The Bertz CT molecular complexity index is 428. The molecular formula is C10H8N2O2. The zero-order valence-corrected chi connectivity index (χ0v) is 7.65. The van der Waals surface area contributed by atoms with E-state index in [4.69, 9.17) is 0 Å². The van der Waals surface area contributed by atoms with Crippen molar-refractivity contribution in [3.8, 4) is 0 Å². The fraction of sp³-hybridized carbons (Fsp3) is 0.200. The number of isocyanates is 2. The summed E-state index contributed by atoms with van der Waals surface area (Å²) in [6.07, 6.45) is 3.65. The summed E-state index contributed by atoms with van der Waals surface area (Å²) in [5.41, 5.74) is 1.70. The van der Waals surface area contributed by atoms with Gasteiger partial charge in [0.1, 0.15) is 11.4 Å². The SMILES string of the molecule is CCc1ccc(N=C=O)c(N=C=O)c1. The Morgan fingerprint density at radius 1 is 1.14 bits per heavy atom. The van der Waals surface area contributed by atoms with Crippen LogP contribution in [0.3, 0.4) is 0 Å². The topological polar surface area (TPSA) is 58.9 Å². The van der Waals surface area contributed by atoms with Gasteiger partial charge in [0.2, 0.25) is 12.2 Å². The fourth-order valence-electron chi connectivity index (χ4n) is 1.07. The van der Waals surface area contributed by atoms with Gasteiger partial charge in [-0.05, 0) is 24.1 Å². The lowest BCUT2D eigenvalue weighted by Crippen LogP contribution is -1.78. The van der Waals surface area contributed by atoms with Gasteiger partial charge in [-0.1, -0.05) is 13.0 Å². The number of hydrogen-bond donors (Lipinski definition) is 0. The molecule has 0 saturated heterocycles. The molecule has 4 nitrogen and oxygen atoms in total. The van der Waals surface area contributed by atoms with E-state index in [9.17, 15) is 9.59 Å².